The van der Waals surface area contributed by atoms with Crippen molar-refractivity contribution in [2.45, 2.75) is 19.9 Å². The van der Waals surface area contributed by atoms with Crippen molar-refractivity contribution >= 4 is 28.3 Å². The van der Waals surface area contributed by atoms with E-state index in [0.29, 0.717) is 11.3 Å². The minimum Gasteiger partial charge on any atom is -0.368 e. The topological polar surface area (TPSA) is 82.9 Å². The average molecular weight is 356 g/mol. The number of alkyl halides is 2. The SMILES string of the molecule is Cc1cc2c(cc1F)n(CC(N)=O)c(=O)n2-c1ncc(C(F)F)s1. The average Bonchev–Trinajstić information content (AvgIpc) is 3.05. The lowest BCUT2D eigenvalue weighted by Gasteiger charge is -2.01. The molecule has 2 heterocycles. The van der Waals surface area contributed by atoms with Gasteiger partial charge in [-0.15, -0.1) is 0 Å². The first-order chi connectivity index (χ1) is 11.3. The van der Waals surface area contributed by atoms with Gasteiger partial charge in [0.05, 0.1) is 15.9 Å². The zero-order valence-corrected chi connectivity index (χ0v) is 13.1. The quantitative estimate of drug-likeness (QED) is 0.777. The highest BCUT2D eigenvalue weighted by molar-refractivity contribution is 7.14. The largest absolute Gasteiger partial charge is 0.368 e. The molecule has 126 valence electrons. The van der Waals surface area contributed by atoms with Crippen LogP contribution in [0.4, 0.5) is 13.2 Å². The van der Waals surface area contributed by atoms with Gasteiger partial charge < -0.3 is 5.73 Å². The summed E-state index contributed by atoms with van der Waals surface area (Å²) < 4.78 is 41.5. The molecule has 0 unspecified atom stereocenters. The van der Waals surface area contributed by atoms with Gasteiger partial charge >= 0.3 is 5.69 Å². The number of hydrogen-bond acceptors (Lipinski definition) is 4. The number of halogens is 3. The summed E-state index contributed by atoms with van der Waals surface area (Å²) in [6, 6.07) is 2.50. The lowest BCUT2D eigenvalue weighted by atomic mass is 10.2. The van der Waals surface area contributed by atoms with Crippen molar-refractivity contribution in [3.05, 3.63) is 45.1 Å². The number of rotatable bonds is 4. The van der Waals surface area contributed by atoms with Gasteiger partial charge in [0.25, 0.3) is 6.43 Å². The van der Waals surface area contributed by atoms with Crippen LogP contribution < -0.4 is 11.4 Å². The molecule has 3 aromatic rings. The van der Waals surface area contributed by atoms with Crippen LogP contribution in [0.15, 0.2) is 23.1 Å². The number of hydrogen-bond donors (Lipinski definition) is 1. The number of amides is 1. The van der Waals surface area contributed by atoms with Crippen LogP contribution in [0.2, 0.25) is 0 Å². The number of imidazole rings is 1. The van der Waals surface area contributed by atoms with Crippen LogP contribution in [0.25, 0.3) is 16.2 Å². The van der Waals surface area contributed by atoms with Gasteiger partial charge in [-0.2, -0.15) is 0 Å². The molecule has 0 spiro atoms. The lowest BCUT2D eigenvalue weighted by Crippen LogP contribution is -2.29. The standard InChI is InChI=1S/C14H11F3N4O2S/c1-6-2-9-8(3-7(6)15)20(5-11(18)22)14(23)21(9)13-19-4-10(24-13)12(16)17/h2-4,12H,5H2,1H3,(H2,18,22). The molecule has 24 heavy (non-hydrogen) atoms. The minimum atomic E-state index is -2.72. The summed E-state index contributed by atoms with van der Waals surface area (Å²) in [6.45, 7) is 1.04. The van der Waals surface area contributed by atoms with E-state index in [9.17, 15) is 22.8 Å². The van der Waals surface area contributed by atoms with Gasteiger partial charge in [-0.05, 0) is 18.6 Å². The smallest absolute Gasteiger partial charge is 0.336 e. The maximum Gasteiger partial charge on any atom is 0.336 e. The number of carbonyl (C=O) groups is 1. The molecule has 0 aliphatic rings. The van der Waals surface area contributed by atoms with Gasteiger partial charge in [0.15, 0.2) is 5.13 Å². The first-order valence-corrected chi connectivity index (χ1v) is 7.55. The van der Waals surface area contributed by atoms with Crippen LogP contribution >= 0.6 is 11.3 Å². The number of carbonyl (C=O) groups excluding carboxylic acids is 1. The van der Waals surface area contributed by atoms with Gasteiger partial charge in [0, 0.05) is 12.3 Å². The summed E-state index contributed by atoms with van der Waals surface area (Å²) in [4.78, 5) is 27.3. The maximum absolute atomic E-state index is 13.9. The molecular formula is C14H11F3N4O2S. The lowest BCUT2D eigenvalue weighted by molar-refractivity contribution is -0.118. The van der Waals surface area contributed by atoms with E-state index >= 15 is 0 Å². The van der Waals surface area contributed by atoms with Gasteiger partial charge in [-0.3, -0.25) is 9.36 Å². The summed E-state index contributed by atoms with van der Waals surface area (Å²) in [5.41, 5.74) is 5.08. The van der Waals surface area contributed by atoms with Gasteiger partial charge in [0.2, 0.25) is 5.91 Å². The number of nitrogens with two attached hydrogens (primary N) is 1. The number of aryl methyl sites for hydroxylation is 1. The van der Waals surface area contributed by atoms with E-state index in [1.165, 1.54) is 13.0 Å². The molecule has 0 radical (unpaired) electrons. The summed E-state index contributed by atoms with van der Waals surface area (Å²) in [6.07, 6.45) is -1.74. The molecular weight excluding hydrogens is 345 g/mol. The van der Waals surface area contributed by atoms with E-state index in [4.69, 9.17) is 5.73 Å². The predicted octanol–water partition coefficient (Wildman–Crippen LogP) is 2.12. The van der Waals surface area contributed by atoms with Crippen LogP contribution in [0, 0.1) is 12.7 Å². The van der Waals surface area contributed by atoms with E-state index < -0.39 is 30.4 Å². The van der Waals surface area contributed by atoms with Crippen molar-refractivity contribution in [1.29, 1.82) is 0 Å². The van der Waals surface area contributed by atoms with Crippen LogP contribution in [0.3, 0.4) is 0 Å². The Morgan fingerprint density at radius 3 is 2.67 bits per heavy atom. The number of thiazole rings is 1. The maximum atomic E-state index is 13.9. The Morgan fingerprint density at radius 1 is 1.38 bits per heavy atom. The molecule has 0 saturated carbocycles. The van der Waals surface area contributed by atoms with Crippen LogP contribution in [-0.4, -0.2) is 20.0 Å². The highest BCUT2D eigenvalue weighted by Gasteiger charge is 2.21. The van der Waals surface area contributed by atoms with Gasteiger partial charge in [-0.1, -0.05) is 11.3 Å². The Bertz CT molecular complexity index is 1010. The van der Waals surface area contributed by atoms with Crippen LogP contribution in [-0.2, 0) is 11.3 Å². The molecule has 2 aromatic heterocycles. The van der Waals surface area contributed by atoms with E-state index in [1.54, 1.807) is 0 Å². The summed E-state index contributed by atoms with van der Waals surface area (Å²) >= 11 is 0.644. The second-order valence-corrected chi connectivity index (χ2v) is 6.15. The third-order valence-corrected chi connectivity index (χ3v) is 4.43. The first-order valence-electron chi connectivity index (χ1n) is 6.73. The molecule has 0 atom stereocenters. The monoisotopic (exact) mass is 356 g/mol. The third kappa shape index (κ3) is 2.58. The molecule has 0 aliphatic carbocycles. The van der Waals surface area contributed by atoms with Crippen molar-refractivity contribution in [2.24, 2.45) is 5.73 Å². The summed E-state index contributed by atoms with van der Waals surface area (Å²) in [5, 5.41) is 0.00882. The minimum absolute atomic E-state index is 0.00882. The Kier molecular flexibility index (Phi) is 3.91. The number of aromatic nitrogens is 3. The summed E-state index contributed by atoms with van der Waals surface area (Å²) in [7, 11) is 0. The second kappa shape index (κ2) is 5.78. The molecule has 10 heteroatoms. The molecule has 1 aromatic carbocycles. The highest BCUT2D eigenvalue weighted by Crippen LogP contribution is 2.29. The van der Waals surface area contributed by atoms with Crippen molar-refractivity contribution in [2.75, 3.05) is 0 Å². The molecule has 3 rings (SSSR count). The van der Waals surface area contributed by atoms with Gasteiger partial charge in [0.1, 0.15) is 12.4 Å². The number of benzene rings is 1. The highest BCUT2D eigenvalue weighted by atomic mass is 32.1. The van der Waals surface area contributed by atoms with Crippen molar-refractivity contribution < 1.29 is 18.0 Å². The zero-order valence-electron chi connectivity index (χ0n) is 12.3. The summed E-state index contributed by atoms with van der Waals surface area (Å²) in [5.74, 6) is -1.35. The van der Waals surface area contributed by atoms with Gasteiger partial charge in [-0.25, -0.2) is 27.5 Å². The van der Waals surface area contributed by atoms with Crippen molar-refractivity contribution in [3.8, 4) is 5.13 Å². The predicted molar refractivity (Wildman–Crippen MR) is 82.1 cm³/mol. The Morgan fingerprint density at radius 2 is 2.08 bits per heavy atom. The molecule has 0 aliphatic heterocycles. The zero-order chi connectivity index (χ0) is 17.6. The molecule has 0 fully saturated rings. The van der Waals surface area contributed by atoms with Crippen LogP contribution in [0.5, 0.6) is 0 Å². The fourth-order valence-corrected chi connectivity index (χ4v) is 3.13. The first kappa shape index (κ1) is 16.2. The number of nitrogens with zero attached hydrogens (tertiary/aromatic N) is 3. The van der Waals surface area contributed by atoms with E-state index in [2.05, 4.69) is 4.98 Å². The Labute approximate surface area is 136 Å². The Balaban J connectivity index is 2.34. The van der Waals surface area contributed by atoms with E-state index in [0.717, 1.165) is 21.4 Å². The fourth-order valence-electron chi connectivity index (χ4n) is 2.35. The molecule has 0 bridgehead atoms. The second-order valence-electron chi connectivity index (χ2n) is 5.11. The fraction of sp³-hybridized carbons (Fsp3) is 0.214. The molecule has 6 nitrogen and oxygen atoms in total. The van der Waals surface area contributed by atoms with E-state index in [-0.39, 0.29) is 26.6 Å². The van der Waals surface area contributed by atoms with E-state index in [1.807, 2.05) is 0 Å². The molecule has 2 N–H and O–H groups in total. The number of fused-ring (bicyclic) bond motifs is 1. The van der Waals surface area contributed by atoms with Crippen LogP contribution in [0.1, 0.15) is 16.9 Å². The Hall–Kier alpha value is -2.62. The van der Waals surface area contributed by atoms with Crippen molar-refractivity contribution in [1.82, 2.24) is 14.1 Å². The third-order valence-electron chi connectivity index (χ3n) is 3.44. The molecule has 0 saturated heterocycles. The molecule has 1 amide bonds. The number of primary amides is 1. The van der Waals surface area contributed by atoms with Crippen molar-refractivity contribution in [3.63, 3.8) is 0 Å². The normalized spacial score (nSPS) is 11.5.